The van der Waals surface area contributed by atoms with Gasteiger partial charge in [-0.1, -0.05) is 36.4 Å². The summed E-state index contributed by atoms with van der Waals surface area (Å²) < 4.78 is 3.82. The van der Waals surface area contributed by atoms with Crippen LogP contribution in [0.4, 0.5) is 17.6 Å². The molecule has 0 radical (unpaired) electrons. The van der Waals surface area contributed by atoms with E-state index in [0.717, 1.165) is 31.0 Å². The molecule has 0 aliphatic heterocycles. The van der Waals surface area contributed by atoms with E-state index in [0.29, 0.717) is 60.0 Å². The first-order chi connectivity index (χ1) is 27.5. The van der Waals surface area contributed by atoms with Crippen LogP contribution in [0.2, 0.25) is 0 Å². The fourth-order valence-electron chi connectivity index (χ4n) is 5.50. The molecule has 0 bridgehead atoms. The van der Waals surface area contributed by atoms with E-state index < -0.39 is 11.8 Å². The molecule has 0 saturated carbocycles. The average molecular weight is 781 g/mol. The van der Waals surface area contributed by atoms with Gasteiger partial charge in [0.25, 0.3) is 0 Å². The molecule has 0 amide bonds. The largest absolute Gasteiger partial charge is 0.354 e. The number of fused-ring (bicyclic) bond motifs is 2. The fraction of sp³-hybridized carbons (Fsp3) is 0.158. The van der Waals surface area contributed by atoms with Gasteiger partial charge in [0.05, 0.1) is 56.2 Å². The third-order valence-electron chi connectivity index (χ3n) is 8.27. The number of aromatic nitrogens is 9. The zero-order chi connectivity index (χ0) is 38.7. The van der Waals surface area contributed by atoms with E-state index >= 15 is 0 Å². The molecule has 5 aromatic heterocycles. The topological polar surface area (TPSA) is 223 Å². The highest BCUT2D eigenvalue weighted by molar-refractivity contribution is 7.19. The summed E-state index contributed by atoms with van der Waals surface area (Å²) in [5.74, 6) is -0.156. The van der Waals surface area contributed by atoms with Crippen molar-refractivity contribution in [1.82, 2.24) is 44.7 Å². The first-order valence-electron chi connectivity index (χ1n) is 17.2. The summed E-state index contributed by atoms with van der Waals surface area (Å²) in [4.78, 5) is 30.5. The standard InChI is InChI=1S/C21H18N6O2S.C17H14N8S/c22-13-16(20-25-18-3-1-2-4-19(18)30-20)17-10-12-24-21(26-17)23-11-9-14-5-7-15(8-6-14)27(28)29;18-9-12(16-23-14-3-1-2-4-15(14)26-16)13-5-6-20-17(24-13)21-7-8-25-11-19-10-22-25/h1-8,10,12,16,28-29H,9,11H2,(H,23,24,26);1-6,10-12H,7-8H2,(H,20,21,24). The van der Waals surface area contributed by atoms with Crippen molar-refractivity contribution >= 4 is 60.7 Å². The lowest BCUT2D eigenvalue weighted by molar-refractivity contribution is 0.0291. The van der Waals surface area contributed by atoms with Crippen LogP contribution in [-0.2, 0) is 13.0 Å². The maximum Gasteiger partial charge on any atom is 0.222 e. The monoisotopic (exact) mass is 780 g/mol. The van der Waals surface area contributed by atoms with Crippen LogP contribution in [0.15, 0.2) is 110 Å². The van der Waals surface area contributed by atoms with E-state index in [1.54, 1.807) is 47.7 Å². The van der Waals surface area contributed by atoms with Crippen molar-refractivity contribution in [3.05, 3.63) is 137 Å². The summed E-state index contributed by atoms with van der Waals surface area (Å²) >= 11 is 3.01. The minimum atomic E-state index is -0.557. The molecule has 2 atom stereocenters. The maximum atomic E-state index is 9.73. The SMILES string of the molecule is N#CC(c1ccnc(NCCc2ccc(N(O)O)cc2)n1)c1nc2ccccc2s1.N#CC(c1ccnc(NCCn2cncn2)n1)c1nc2ccccc2s1. The number of thiazole rings is 2. The molecule has 5 heterocycles. The van der Waals surface area contributed by atoms with Crippen LogP contribution in [-0.4, -0.2) is 68.2 Å². The number of nitrogens with one attached hydrogen (secondary N) is 2. The average Bonchev–Trinajstić information content (AvgIpc) is 4.00. The molecule has 0 aliphatic carbocycles. The van der Waals surface area contributed by atoms with Gasteiger partial charge in [-0.2, -0.15) is 15.6 Å². The lowest BCUT2D eigenvalue weighted by Gasteiger charge is -2.10. The van der Waals surface area contributed by atoms with Crippen molar-refractivity contribution in [3.8, 4) is 12.1 Å². The summed E-state index contributed by atoms with van der Waals surface area (Å²) in [5, 5.41) is 49.3. The van der Waals surface area contributed by atoms with E-state index in [-0.39, 0.29) is 5.23 Å². The Labute approximate surface area is 328 Å². The van der Waals surface area contributed by atoms with Crippen LogP contribution in [0.3, 0.4) is 0 Å². The molecule has 56 heavy (non-hydrogen) atoms. The highest BCUT2D eigenvalue weighted by Gasteiger charge is 2.21. The van der Waals surface area contributed by atoms with Crippen LogP contribution in [0.5, 0.6) is 0 Å². The smallest absolute Gasteiger partial charge is 0.222 e. The highest BCUT2D eigenvalue weighted by Crippen LogP contribution is 2.32. The summed E-state index contributed by atoms with van der Waals surface area (Å²) in [5.41, 5.74) is 4.32. The molecule has 0 spiro atoms. The third-order valence-corrected chi connectivity index (χ3v) is 10.5. The molecule has 18 heteroatoms. The van der Waals surface area contributed by atoms with Gasteiger partial charge in [-0.15, -0.1) is 27.9 Å². The molecule has 8 aromatic rings. The molecule has 278 valence electrons. The zero-order valence-electron chi connectivity index (χ0n) is 29.5. The van der Waals surface area contributed by atoms with Crippen molar-refractivity contribution in [1.29, 1.82) is 10.5 Å². The number of benzene rings is 3. The van der Waals surface area contributed by atoms with Crippen LogP contribution >= 0.6 is 22.7 Å². The molecule has 3 aromatic carbocycles. The Balaban J connectivity index is 0.000000173. The predicted molar refractivity (Wildman–Crippen MR) is 211 cm³/mol. The molecule has 0 aliphatic rings. The lowest BCUT2D eigenvalue weighted by atomic mass is 10.1. The number of nitrogens with zero attached hydrogens (tertiary/aromatic N) is 12. The number of hydrogen-bond acceptors (Lipinski definition) is 17. The van der Waals surface area contributed by atoms with Gasteiger partial charge in [-0.25, -0.2) is 34.9 Å². The number of hydrogen-bond donors (Lipinski definition) is 4. The van der Waals surface area contributed by atoms with Gasteiger partial charge in [0.1, 0.15) is 34.5 Å². The second-order valence-electron chi connectivity index (χ2n) is 12.0. The number of anilines is 3. The molecule has 8 rings (SSSR count). The van der Waals surface area contributed by atoms with Gasteiger partial charge in [0, 0.05) is 25.5 Å². The molecular weight excluding hydrogens is 749 g/mol. The van der Waals surface area contributed by atoms with Gasteiger partial charge in [-0.05, 0) is 60.5 Å². The van der Waals surface area contributed by atoms with Crippen molar-refractivity contribution in [2.75, 3.05) is 28.9 Å². The van der Waals surface area contributed by atoms with Crippen molar-refractivity contribution in [2.45, 2.75) is 24.8 Å². The van der Waals surface area contributed by atoms with Crippen molar-refractivity contribution in [3.63, 3.8) is 0 Å². The first kappa shape index (κ1) is 37.4. The quantitative estimate of drug-likeness (QED) is 0.0926. The molecule has 4 N–H and O–H groups in total. The van der Waals surface area contributed by atoms with Crippen LogP contribution in [0.1, 0.15) is 38.8 Å². The van der Waals surface area contributed by atoms with Gasteiger partial charge in [0.2, 0.25) is 11.9 Å². The molecule has 2 unspecified atom stereocenters. The Morgan fingerprint density at radius 2 is 1.25 bits per heavy atom. The van der Waals surface area contributed by atoms with E-state index in [1.807, 2.05) is 60.7 Å². The first-order valence-corrected chi connectivity index (χ1v) is 18.8. The molecule has 0 saturated heterocycles. The molecular formula is C38H32N14O2S2. The minimum Gasteiger partial charge on any atom is -0.354 e. The Kier molecular flexibility index (Phi) is 11.9. The number of rotatable bonds is 13. The summed E-state index contributed by atoms with van der Waals surface area (Å²) in [6, 6.07) is 30.6. The maximum absolute atomic E-state index is 9.73. The van der Waals surface area contributed by atoms with E-state index in [1.165, 1.54) is 29.0 Å². The Bertz CT molecular complexity index is 2530. The molecule has 16 nitrogen and oxygen atoms in total. The van der Waals surface area contributed by atoms with E-state index in [4.69, 9.17) is 10.4 Å². The predicted octanol–water partition coefficient (Wildman–Crippen LogP) is 6.43. The van der Waals surface area contributed by atoms with Gasteiger partial charge in [0.15, 0.2) is 0 Å². The van der Waals surface area contributed by atoms with Gasteiger partial charge >= 0.3 is 0 Å². The zero-order valence-corrected chi connectivity index (χ0v) is 31.1. The minimum absolute atomic E-state index is 0.0818. The molecule has 0 fully saturated rings. The summed E-state index contributed by atoms with van der Waals surface area (Å²) in [7, 11) is 0. The second kappa shape index (κ2) is 17.9. The Morgan fingerprint density at radius 3 is 1.75 bits per heavy atom. The second-order valence-corrected chi connectivity index (χ2v) is 14.1. The number of nitriles is 2. The summed E-state index contributed by atoms with van der Waals surface area (Å²) in [6.07, 6.45) is 7.13. The van der Waals surface area contributed by atoms with E-state index in [2.05, 4.69) is 62.8 Å². The van der Waals surface area contributed by atoms with E-state index in [9.17, 15) is 10.5 Å². The Morgan fingerprint density at radius 1 is 0.696 bits per heavy atom. The van der Waals surface area contributed by atoms with Crippen molar-refractivity contribution < 1.29 is 10.4 Å². The van der Waals surface area contributed by atoms with Gasteiger partial charge in [-0.3, -0.25) is 15.1 Å². The highest BCUT2D eigenvalue weighted by atomic mass is 32.1. The van der Waals surface area contributed by atoms with Crippen molar-refractivity contribution in [2.24, 2.45) is 0 Å². The lowest BCUT2D eigenvalue weighted by Crippen LogP contribution is -2.13. The normalized spacial score (nSPS) is 11.9. The van der Waals surface area contributed by atoms with Gasteiger partial charge < -0.3 is 10.6 Å². The third kappa shape index (κ3) is 9.21. The van der Waals surface area contributed by atoms with Crippen LogP contribution in [0.25, 0.3) is 20.4 Å². The van der Waals surface area contributed by atoms with Crippen LogP contribution in [0, 0.1) is 22.7 Å². The number of para-hydroxylation sites is 2. The van der Waals surface area contributed by atoms with Crippen LogP contribution < -0.4 is 15.9 Å². The summed E-state index contributed by atoms with van der Waals surface area (Å²) in [6.45, 7) is 1.83. The Hall–Kier alpha value is -6.96. The fourth-order valence-corrected chi connectivity index (χ4v) is 7.56.